The van der Waals surface area contributed by atoms with Crippen LogP contribution in [0.15, 0.2) is 71.6 Å². The quantitative estimate of drug-likeness (QED) is 0.695. The minimum absolute atomic E-state index is 0.110. The number of rotatable bonds is 4. The molecule has 0 unspecified atom stereocenters. The first-order valence-corrected chi connectivity index (χ1v) is 9.10. The first kappa shape index (κ1) is 17.3. The van der Waals surface area contributed by atoms with Gasteiger partial charge < -0.3 is 5.11 Å². The van der Waals surface area contributed by atoms with Gasteiger partial charge in [0.25, 0.3) is 10.0 Å². The molecule has 7 heteroatoms. The van der Waals surface area contributed by atoms with Gasteiger partial charge in [-0.1, -0.05) is 54.1 Å². The third-order valence-electron chi connectivity index (χ3n) is 3.56. The molecule has 0 heterocycles. The highest BCUT2D eigenvalue weighted by Crippen LogP contribution is 2.33. The number of phenols is 1. The van der Waals surface area contributed by atoms with Crippen molar-refractivity contribution in [3.8, 4) is 16.9 Å². The Hall–Kier alpha value is -2.57. The summed E-state index contributed by atoms with van der Waals surface area (Å²) < 4.78 is 41.2. The molecule has 0 aliphatic heterocycles. The van der Waals surface area contributed by atoms with Crippen LogP contribution in [0.2, 0.25) is 5.02 Å². The molecule has 128 valence electrons. The van der Waals surface area contributed by atoms with E-state index >= 15 is 0 Å². The number of aromatic hydroxyl groups is 1. The molecular weight excluding hydrogens is 365 g/mol. The van der Waals surface area contributed by atoms with Gasteiger partial charge in [0.1, 0.15) is 10.7 Å². The predicted molar refractivity (Wildman–Crippen MR) is 95.8 cm³/mol. The maximum atomic E-state index is 14.1. The van der Waals surface area contributed by atoms with Gasteiger partial charge in [-0.3, -0.25) is 4.72 Å². The van der Waals surface area contributed by atoms with E-state index in [1.54, 1.807) is 6.07 Å². The highest BCUT2D eigenvalue weighted by molar-refractivity contribution is 7.92. The number of para-hydroxylation sites is 1. The Kier molecular flexibility index (Phi) is 4.65. The van der Waals surface area contributed by atoms with Crippen LogP contribution in [0.5, 0.6) is 5.75 Å². The number of benzene rings is 3. The number of nitrogens with one attached hydrogen (secondary N) is 1. The summed E-state index contributed by atoms with van der Waals surface area (Å²) in [5, 5.41) is 9.76. The second kappa shape index (κ2) is 6.74. The van der Waals surface area contributed by atoms with Gasteiger partial charge >= 0.3 is 0 Å². The first-order chi connectivity index (χ1) is 11.9. The van der Waals surface area contributed by atoms with Crippen molar-refractivity contribution in [2.75, 3.05) is 4.72 Å². The molecule has 0 saturated carbocycles. The SMILES string of the molecule is O=S(=O)(Nc1cc(-c2ccccc2)ccc1F)c1cccc(Cl)c1O. The predicted octanol–water partition coefficient (Wildman–Crippen LogP) is 4.65. The van der Waals surface area contributed by atoms with Gasteiger partial charge in [-0.15, -0.1) is 0 Å². The Morgan fingerprint density at radius 3 is 2.36 bits per heavy atom. The van der Waals surface area contributed by atoms with Crippen molar-refractivity contribution in [1.29, 1.82) is 0 Å². The second-order valence-corrected chi connectivity index (χ2v) is 7.31. The van der Waals surface area contributed by atoms with Crippen LogP contribution < -0.4 is 4.72 Å². The lowest BCUT2D eigenvalue weighted by Gasteiger charge is -2.12. The van der Waals surface area contributed by atoms with E-state index in [9.17, 15) is 17.9 Å². The summed E-state index contributed by atoms with van der Waals surface area (Å²) in [5.41, 5.74) is 1.24. The minimum atomic E-state index is -4.21. The van der Waals surface area contributed by atoms with Crippen LogP contribution in [0.3, 0.4) is 0 Å². The molecular formula is C18H13ClFNO3S. The van der Waals surface area contributed by atoms with Gasteiger partial charge in [-0.2, -0.15) is 0 Å². The molecule has 0 aliphatic rings. The zero-order chi connectivity index (χ0) is 18.0. The highest BCUT2D eigenvalue weighted by Gasteiger charge is 2.22. The fraction of sp³-hybridized carbons (Fsp3) is 0. The van der Waals surface area contributed by atoms with E-state index in [4.69, 9.17) is 11.6 Å². The molecule has 4 nitrogen and oxygen atoms in total. The molecule has 2 N–H and O–H groups in total. The summed E-state index contributed by atoms with van der Waals surface area (Å²) >= 11 is 5.74. The van der Waals surface area contributed by atoms with Crippen LogP contribution in [0.1, 0.15) is 0 Å². The van der Waals surface area contributed by atoms with E-state index in [0.717, 1.165) is 5.56 Å². The van der Waals surface area contributed by atoms with E-state index in [-0.39, 0.29) is 10.7 Å². The lowest BCUT2D eigenvalue weighted by molar-refractivity contribution is 0.459. The Labute approximate surface area is 149 Å². The van der Waals surface area contributed by atoms with E-state index < -0.39 is 26.5 Å². The lowest BCUT2D eigenvalue weighted by atomic mass is 10.1. The molecule has 25 heavy (non-hydrogen) atoms. The van der Waals surface area contributed by atoms with Gasteiger partial charge in [-0.05, 0) is 35.4 Å². The maximum Gasteiger partial charge on any atom is 0.265 e. The van der Waals surface area contributed by atoms with Gasteiger partial charge in [0.2, 0.25) is 0 Å². The molecule has 3 aromatic rings. The fourth-order valence-corrected chi connectivity index (χ4v) is 3.73. The summed E-state index contributed by atoms with van der Waals surface area (Å²) in [6.07, 6.45) is 0. The Balaban J connectivity index is 2.01. The topological polar surface area (TPSA) is 66.4 Å². The van der Waals surface area contributed by atoms with Crippen LogP contribution in [0, 0.1) is 5.82 Å². The van der Waals surface area contributed by atoms with E-state index in [0.29, 0.717) is 5.56 Å². The number of hydrogen-bond acceptors (Lipinski definition) is 3. The number of hydrogen-bond donors (Lipinski definition) is 2. The standard InChI is InChI=1S/C18H13ClFNO3S/c19-14-7-4-8-17(18(14)22)25(23,24)21-16-11-13(9-10-15(16)20)12-5-2-1-3-6-12/h1-11,21-22H. The average Bonchev–Trinajstić information content (AvgIpc) is 2.59. The fourth-order valence-electron chi connectivity index (χ4n) is 2.33. The number of phenolic OH excluding ortho intramolecular Hbond substituents is 1. The zero-order valence-electron chi connectivity index (χ0n) is 12.8. The molecule has 0 atom stereocenters. The summed E-state index contributed by atoms with van der Waals surface area (Å²) in [6, 6.07) is 17.2. The van der Waals surface area contributed by atoms with Crippen LogP contribution in [-0.4, -0.2) is 13.5 Å². The van der Waals surface area contributed by atoms with Gasteiger partial charge in [0.15, 0.2) is 5.75 Å². The molecule has 0 aromatic heterocycles. The Morgan fingerprint density at radius 1 is 0.920 bits per heavy atom. The maximum absolute atomic E-state index is 14.1. The molecule has 3 aromatic carbocycles. The smallest absolute Gasteiger partial charge is 0.265 e. The van der Waals surface area contributed by atoms with Gasteiger partial charge in [-0.25, -0.2) is 12.8 Å². The van der Waals surface area contributed by atoms with Crippen molar-refractivity contribution in [2.24, 2.45) is 0 Å². The van der Waals surface area contributed by atoms with Gasteiger partial charge in [0.05, 0.1) is 10.7 Å². The zero-order valence-corrected chi connectivity index (χ0v) is 14.4. The molecule has 0 fully saturated rings. The van der Waals surface area contributed by atoms with Crippen molar-refractivity contribution in [3.63, 3.8) is 0 Å². The lowest BCUT2D eigenvalue weighted by Crippen LogP contribution is -2.14. The monoisotopic (exact) mass is 377 g/mol. The summed E-state index contributed by atoms with van der Waals surface area (Å²) in [7, 11) is -4.21. The number of anilines is 1. The van der Waals surface area contributed by atoms with Crippen molar-refractivity contribution in [1.82, 2.24) is 0 Å². The van der Waals surface area contributed by atoms with Crippen molar-refractivity contribution in [3.05, 3.63) is 77.6 Å². The van der Waals surface area contributed by atoms with Crippen LogP contribution >= 0.6 is 11.6 Å². The first-order valence-electron chi connectivity index (χ1n) is 7.24. The molecule has 0 bridgehead atoms. The minimum Gasteiger partial charge on any atom is -0.505 e. The van der Waals surface area contributed by atoms with Crippen molar-refractivity contribution < 1.29 is 17.9 Å². The molecule has 0 spiro atoms. The van der Waals surface area contributed by atoms with Crippen LogP contribution in [-0.2, 0) is 10.0 Å². The molecule has 0 radical (unpaired) electrons. The summed E-state index contributed by atoms with van der Waals surface area (Å²) in [5.74, 6) is -1.32. The third-order valence-corrected chi connectivity index (χ3v) is 5.26. The number of sulfonamides is 1. The van der Waals surface area contributed by atoms with Crippen molar-refractivity contribution in [2.45, 2.75) is 4.90 Å². The molecule has 0 amide bonds. The summed E-state index contributed by atoms with van der Waals surface area (Å²) in [6.45, 7) is 0. The molecule has 3 rings (SSSR count). The highest BCUT2D eigenvalue weighted by atomic mass is 35.5. The van der Waals surface area contributed by atoms with Crippen LogP contribution in [0.25, 0.3) is 11.1 Å². The van der Waals surface area contributed by atoms with E-state index in [2.05, 4.69) is 4.72 Å². The molecule has 0 saturated heterocycles. The summed E-state index contributed by atoms with van der Waals surface area (Å²) in [4.78, 5) is -0.426. The third kappa shape index (κ3) is 3.60. The van der Waals surface area contributed by atoms with E-state index in [1.165, 1.54) is 30.3 Å². The molecule has 0 aliphatic carbocycles. The van der Waals surface area contributed by atoms with Crippen LogP contribution in [0.4, 0.5) is 10.1 Å². The average molecular weight is 378 g/mol. The second-order valence-electron chi connectivity index (χ2n) is 5.25. The Bertz CT molecular complexity index is 1020. The largest absolute Gasteiger partial charge is 0.505 e. The van der Waals surface area contributed by atoms with Gasteiger partial charge in [0, 0.05) is 0 Å². The normalized spacial score (nSPS) is 11.3. The Morgan fingerprint density at radius 2 is 1.64 bits per heavy atom. The van der Waals surface area contributed by atoms with E-state index in [1.807, 2.05) is 30.3 Å². The number of halogens is 2. The van der Waals surface area contributed by atoms with Crippen molar-refractivity contribution >= 4 is 27.3 Å².